The number of aromatic carboxylic acids is 1. The van der Waals surface area contributed by atoms with Gasteiger partial charge < -0.3 is 15.3 Å². The number of pyridine rings is 1. The van der Waals surface area contributed by atoms with Crippen molar-refractivity contribution in [1.29, 1.82) is 0 Å². The van der Waals surface area contributed by atoms with Gasteiger partial charge in [0.2, 0.25) is 0 Å². The molecule has 0 unspecified atom stereocenters. The van der Waals surface area contributed by atoms with Gasteiger partial charge >= 0.3 is 5.97 Å². The second kappa shape index (κ2) is 6.85. The summed E-state index contributed by atoms with van der Waals surface area (Å²) in [4.78, 5) is 17.2. The molecule has 0 spiro atoms. The van der Waals surface area contributed by atoms with Crippen LogP contribution in [0.1, 0.15) is 24.2 Å². The molecule has 1 aromatic heterocycles. The highest BCUT2D eigenvalue weighted by Gasteiger charge is 2.09. The van der Waals surface area contributed by atoms with E-state index >= 15 is 0 Å². The lowest BCUT2D eigenvalue weighted by Crippen LogP contribution is -2.29. The van der Waals surface area contributed by atoms with Crippen LogP contribution in [0.15, 0.2) is 18.3 Å². The van der Waals surface area contributed by atoms with E-state index in [-0.39, 0.29) is 5.56 Å². The molecule has 0 aliphatic heterocycles. The Bertz CT molecular complexity index is 365. The maximum Gasteiger partial charge on any atom is 0.339 e. The number of rotatable bonds is 7. The quantitative estimate of drug-likeness (QED) is 0.753. The first-order valence-corrected chi connectivity index (χ1v) is 5.83. The van der Waals surface area contributed by atoms with Crippen LogP contribution in [0.5, 0.6) is 0 Å². The van der Waals surface area contributed by atoms with Crippen LogP contribution in [0, 0.1) is 0 Å². The zero-order chi connectivity index (χ0) is 12.7. The Morgan fingerprint density at radius 2 is 2.18 bits per heavy atom. The van der Waals surface area contributed by atoms with Crippen LogP contribution in [0.3, 0.4) is 0 Å². The number of anilines is 1. The Hall–Kier alpha value is -1.62. The highest BCUT2D eigenvalue weighted by molar-refractivity contribution is 5.92. The van der Waals surface area contributed by atoms with Gasteiger partial charge in [0.05, 0.1) is 0 Å². The summed E-state index contributed by atoms with van der Waals surface area (Å²) in [7, 11) is 0. The molecule has 0 bridgehead atoms. The lowest BCUT2D eigenvalue weighted by molar-refractivity contribution is 0.0697. The van der Waals surface area contributed by atoms with E-state index in [2.05, 4.69) is 29.0 Å². The van der Waals surface area contributed by atoms with Crippen molar-refractivity contribution in [2.75, 3.05) is 31.5 Å². The topological polar surface area (TPSA) is 65.5 Å². The molecule has 0 saturated heterocycles. The molecular formula is C12H19N3O2. The van der Waals surface area contributed by atoms with E-state index in [4.69, 9.17) is 5.11 Å². The standard InChI is InChI=1S/C12H19N3O2/c1-3-15(4-2)9-8-14-11-10(12(16)17)6-5-7-13-11/h5-7H,3-4,8-9H2,1-2H3,(H,13,14)(H,16,17). The Morgan fingerprint density at radius 1 is 1.47 bits per heavy atom. The summed E-state index contributed by atoms with van der Waals surface area (Å²) in [5.74, 6) is -0.518. The molecule has 1 rings (SSSR count). The maximum absolute atomic E-state index is 10.9. The number of hydrogen-bond acceptors (Lipinski definition) is 4. The Kier molecular flexibility index (Phi) is 5.42. The maximum atomic E-state index is 10.9. The Morgan fingerprint density at radius 3 is 2.76 bits per heavy atom. The van der Waals surface area contributed by atoms with E-state index in [1.54, 1.807) is 18.3 Å². The minimum atomic E-state index is -0.955. The van der Waals surface area contributed by atoms with Gasteiger partial charge in [-0.05, 0) is 25.2 Å². The molecule has 5 nitrogen and oxygen atoms in total. The van der Waals surface area contributed by atoms with Crippen molar-refractivity contribution in [3.8, 4) is 0 Å². The summed E-state index contributed by atoms with van der Waals surface area (Å²) >= 11 is 0. The fraction of sp³-hybridized carbons (Fsp3) is 0.500. The van der Waals surface area contributed by atoms with E-state index in [1.807, 2.05) is 0 Å². The number of nitrogens with one attached hydrogen (secondary N) is 1. The van der Waals surface area contributed by atoms with Crippen molar-refractivity contribution in [2.45, 2.75) is 13.8 Å². The van der Waals surface area contributed by atoms with Crippen molar-refractivity contribution in [1.82, 2.24) is 9.88 Å². The molecular weight excluding hydrogens is 218 g/mol. The number of nitrogens with zero attached hydrogens (tertiary/aromatic N) is 2. The highest BCUT2D eigenvalue weighted by atomic mass is 16.4. The normalized spacial score (nSPS) is 10.5. The predicted octanol–water partition coefficient (Wildman–Crippen LogP) is 1.53. The Labute approximate surface area is 101 Å². The van der Waals surface area contributed by atoms with Crippen LogP contribution in [0.2, 0.25) is 0 Å². The van der Waals surface area contributed by atoms with E-state index < -0.39 is 5.97 Å². The van der Waals surface area contributed by atoms with Crippen molar-refractivity contribution in [3.05, 3.63) is 23.9 Å². The Balaban J connectivity index is 2.54. The van der Waals surface area contributed by atoms with Gasteiger partial charge in [-0.2, -0.15) is 0 Å². The fourth-order valence-electron chi connectivity index (χ4n) is 1.59. The van der Waals surface area contributed by atoms with Crippen LogP contribution < -0.4 is 5.32 Å². The van der Waals surface area contributed by atoms with E-state index in [1.165, 1.54) is 0 Å². The molecule has 0 radical (unpaired) electrons. The van der Waals surface area contributed by atoms with Crippen LogP contribution in [-0.4, -0.2) is 47.1 Å². The van der Waals surface area contributed by atoms with Gasteiger partial charge in [-0.3, -0.25) is 0 Å². The molecule has 0 aromatic carbocycles. The third kappa shape index (κ3) is 4.03. The first-order chi connectivity index (χ1) is 8.19. The van der Waals surface area contributed by atoms with Gasteiger partial charge in [0.1, 0.15) is 11.4 Å². The SMILES string of the molecule is CCN(CC)CCNc1ncccc1C(=O)O. The molecule has 94 valence electrons. The summed E-state index contributed by atoms with van der Waals surface area (Å²) in [6.07, 6.45) is 1.59. The zero-order valence-electron chi connectivity index (χ0n) is 10.3. The van der Waals surface area contributed by atoms with Crippen molar-refractivity contribution in [3.63, 3.8) is 0 Å². The molecule has 1 aromatic rings. The molecule has 5 heteroatoms. The molecule has 1 heterocycles. The van der Waals surface area contributed by atoms with Crippen LogP contribution >= 0.6 is 0 Å². The fourth-order valence-corrected chi connectivity index (χ4v) is 1.59. The molecule has 2 N–H and O–H groups in total. The first-order valence-electron chi connectivity index (χ1n) is 5.83. The van der Waals surface area contributed by atoms with E-state index in [9.17, 15) is 4.79 Å². The van der Waals surface area contributed by atoms with Gasteiger partial charge in [-0.15, -0.1) is 0 Å². The van der Waals surface area contributed by atoms with Crippen LogP contribution in [-0.2, 0) is 0 Å². The minimum absolute atomic E-state index is 0.215. The summed E-state index contributed by atoms with van der Waals surface area (Å²) in [6.45, 7) is 7.76. The molecule has 0 atom stereocenters. The largest absolute Gasteiger partial charge is 0.478 e. The third-order valence-corrected chi connectivity index (χ3v) is 2.65. The predicted molar refractivity (Wildman–Crippen MR) is 67.5 cm³/mol. The zero-order valence-corrected chi connectivity index (χ0v) is 10.3. The lowest BCUT2D eigenvalue weighted by Gasteiger charge is -2.18. The number of hydrogen-bond donors (Lipinski definition) is 2. The molecule has 17 heavy (non-hydrogen) atoms. The average molecular weight is 237 g/mol. The smallest absolute Gasteiger partial charge is 0.339 e. The molecule has 0 saturated carbocycles. The van der Waals surface area contributed by atoms with E-state index in [0.717, 1.165) is 19.6 Å². The molecule has 0 amide bonds. The summed E-state index contributed by atoms with van der Waals surface area (Å²) in [6, 6.07) is 3.17. The third-order valence-electron chi connectivity index (χ3n) is 2.65. The lowest BCUT2D eigenvalue weighted by atomic mass is 10.2. The molecule has 0 fully saturated rings. The van der Waals surface area contributed by atoms with Crippen LogP contribution in [0.25, 0.3) is 0 Å². The van der Waals surface area contributed by atoms with Crippen molar-refractivity contribution < 1.29 is 9.90 Å². The van der Waals surface area contributed by atoms with Gasteiger partial charge in [0.15, 0.2) is 0 Å². The van der Waals surface area contributed by atoms with Gasteiger partial charge in [0.25, 0.3) is 0 Å². The number of carboxylic acid groups (broad SMARTS) is 1. The summed E-state index contributed by atoms with van der Waals surface area (Å²) in [5, 5.41) is 12.0. The number of aromatic nitrogens is 1. The van der Waals surface area contributed by atoms with Gasteiger partial charge in [-0.1, -0.05) is 13.8 Å². The highest BCUT2D eigenvalue weighted by Crippen LogP contribution is 2.10. The summed E-state index contributed by atoms with van der Waals surface area (Å²) in [5.41, 5.74) is 0.215. The van der Waals surface area contributed by atoms with Gasteiger partial charge in [-0.25, -0.2) is 9.78 Å². The van der Waals surface area contributed by atoms with Crippen LogP contribution in [0.4, 0.5) is 5.82 Å². The second-order valence-corrected chi connectivity index (χ2v) is 3.66. The molecule has 0 aliphatic carbocycles. The summed E-state index contributed by atoms with van der Waals surface area (Å²) < 4.78 is 0. The minimum Gasteiger partial charge on any atom is -0.478 e. The van der Waals surface area contributed by atoms with E-state index in [0.29, 0.717) is 12.4 Å². The monoisotopic (exact) mass is 237 g/mol. The number of carbonyl (C=O) groups is 1. The van der Waals surface area contributed by atoms with Crippen molar-refractivity contribution in [2.24, 2.45) is 0 Å². The number of likely N-dealkylation sites (N-methyl/N-ethyl adjacent to an activating group) is 1. The first kappa shape index (κ1) is 13.4. The molecule has 0 aliphatic rings. The number of carboxylic acids is 1. The second-order valence-electron chi connectivity index (χ2n) is 3.66. The van der Waals surface area contributed by atoms with Gasteiger partial charge in [0, 0.05) is 19.3 Å². The van der Waals surface area contributed by atoms with Crippen molar-refractivity contribution >= 4 is 11.8 Å². The average Bonchev–Trinajstić information content (AvgIpc) is 2.35.